The van der Waals surface area contributed by atoms with Gasteiger partial charge < -0.3 is 0 Å². The highest BCUT2D eigenvalue weighted by Crippen LogP contribution is 2.20. The van der Waals surface area contributed by atoms with E-state index in [1.54, 1.807) is 43.3 Å². The van der Waals surface area contributed by atoms with Crippen molar-refractivity contribution in [2.24, 2.45) is 0 Å². The Morgan fingerprint density at radius 1 is 1.15 bits per heavy atom. The second-order valence-electron chi connectivity index (χ2n) is 4.36. The number of benzene rings is 2. The highest BCUT2D eigenvalue weighted by atomic mass is 79.9. The van der Waals surface area contributed by atoms with Crippen molar-refractivity contribution < 1.29 is 8.42 Å². The molecule has 0 saturated heterocycles. The highest BCUT2D eigenvalue weighted by Gasteiger charge is 2.16. The lowest BCUT2D eigenvalue weighted by Gasteiger charge is -2.10. The lowest BCUT2D eigenvalue weighted by atomic mass is 10.2. The fourth-order valence-corrected chi connectivity index (χ4v) is 3.65. The lowest BCUT2D eigenvalue weighted by molar-refractivity contribution is 0.580. The Hall–Kier alpha value is -0.880. The number of aryl methyl sites for hydroxylation is 1. The molecule has 2 rings (SSSR count). The van der Waals surface area contributed by atoms with Crippen LogP contribution in [0.3, 0.4) is 0 Å². The van der Waals surface area contributed by atoms with Gasteiger partial charge in [-0.05, 0) is 42.3 Å². The van der Waals surface area contributed by atoms with Crippen LogP contribution in [0, 0.1) is 6.92 Å². The number of nitrogens with one attached hydrogen (secondary N) is 1. The first-order valence-corrected chi connectivity index (χ1v) is 8.54. The van der Waals surface area contributed by atoms with Crippen LogP contribution >= 0.6 is 27.5 Å². The molecular weight excluding hydrogens is 362 g/mol. The average Bonchev–Trinajstić information content (AvgIpc) is 2.41. The fraction of sp³-hybridized carbons (Fsp3) is 0.143. The normalized spacial score (nSPS) is 11.6. The number of halogens is 2. The Morgan fingerprint density at radius 2 is 1.80 bits per heavy atom. The number of hydrogen-bond donors (Lipinski definition) is 1. The molecule has 6 heteroatoms. The summed E-state index contributed by atoms with van der Waals surface area (Å²) < 4.78 is 27.9. The van der Waals surface area contributed by atoms with E-state index in [1.807, 2.05) is 6.07 Å². The third-order valence-corrected chi connectivity index (χ3v) is 5.11. The van der Waals surface area contributed by atoms with Crippen molar-refractivity contribution in [3.63, 3.8) is 0 Å². The molecule has 106 valence electrons. The van der Waals surface area contributed by atoms with Gasteiger partial charge in [-0.15, -0.1) is 0 Å². The van der Waals surface area contributed by atoms with E-state index in [0.29, 0.717) is 10.6 Å². The van der Waals surface area contributed by atoms with Crippen LogP contribution in [0.25, 0.3) is 0 Å². The van der Waals surface area contributed by atoms with Gasteiger partial charge in [-0.25, -0.2) is 13.1 Å². The van der Waals surface area contributed by atoms with Crippen LogP contribution in [0.5, 0.6) is 0 Å². The molecule has 2 aromatic rings. The molecule has 0 fully saturated rings. The zero-order chi connectivity index (χ0) is 14.8. The SMILES string of the molecule is Cc1ccc(Br)cc1S(=O)(=O)NCc1ccc(Cl)cc1. The Balaban J connectivity index is 2.19. The van der Waals surface area contributed by atoms with E-state index in [1.165, 1.54) is 0 Å². The number of sulfonamides is 1. The summed E-state index contributed by atoms with van der Waals surface area (Å²) in [4.78, 5) is 0.279. The van der Waals surface area contributed by atoms with Gasteiger partial charge in [0.2, 0.25) is 10.0 Å². The van der Waals surface area contributed by atoms with Crippen LogP contribution in [0.4, 0.5) is 0 Å². The minimum atomic E-state index is -3.53. The van der Waals surface area contributed by atoms with Crippen molar-refractivity contribution in [3.05, 3.63) is 63.1 Å². The van der Waals surface area contributed by atoms with E-state index in [0.717, 1.165) is 10.0 Å². The van der Waals surface area contributed by atoms with E-state index in [4.69, 9.17) is 11.6 Å². The molecule has 0 atom stereocenters. The molecule has 0 spiro atoms. The van der Waals surface area contributed by atoms with E-state index >= 15 is 0 Å². The first kappa shape index (κ1) is 15.5. The Bertz CT molecular complexity index is 714. The molecule has 0 bridgehead atoms. The predicted octanol–water partition coefficient (Wildman–Crippen LogP) is 3.89. The molecule has 0 aliphatic carbocycles. The molecule has 0 radical (unpaired) electrons. The first-order chi connectivity index (χ1) is 9.38. The second kappa shape index (κ2) is 6.26. The van der Waals surface area contributed by atoms with Gasteiger partial charge in [0.1, 0.15) is 0 Å². The van der Waals surface area contributed by atoms with Crippen molar-refractivity contribution >= 4 is 37.6 Å². The monoisotopic (exact) mass is 373 g/mol. The summed E-state index contributed by atoms with van der Waals surface area (Å²) in [6, 6.07) is 12.2. The topological polar surface area (TPSA) is 46.2 Å². The quantitative estimate of drug-likeness (QED) is 0.882. The maximum atomic E-state index is 12.3. The largest absolute Gasteiger partial charge is 0.241 e. The maximum Gasteiger partial charge on any atom is 0.241 e. The molecule has 0 unspecified atom stereocenters. The summed E-state index contributed by atoms with van der Waals surface area (Å²) in [7, 11) is -3.53. The van der Waals surface area contributed by atoms with Gasteiger partial charge in [0, 0.05) is 16.0 Å². The van der Waals surface area contributed by atoms with Gasteiger partial charge in [-0.2, -0.15) is 0 Å². The summed E-state index contributed by atoms with van der Waals surface area (Å²) in [6.07, 6.45) is 0. The zero-order valence-electron chi connectivity index (χ0n) is 10.7. The molecular formula is C14H13BrClNO2S. The van der Waals surface area contributed by atoms with Gasteiger partial charge in [0.05, 0.1) is 4.90 Å². The third kappa shape index (κ3) is 3.82. The van der Waals surface area contributed by atoms with Crippen LogP contribution in [0.1, 0.15) is 11.1 Å². The van der Waals surface area contributed by atoms with Crippen molar-refractivity contribution in [2.75, 3.05) is 0 Å². The van der Waals surface area contributed by atoms with Crippen molar-refractivity contribution in [1.82, 2.24) is 4.72 Å². The van der Waals surface area contributed by atoms with E-state index in [9.17, 15) is 8.42 Å². The molecule has 0 amide bonds. The predicted molar refractivity (Wildman–Crippen MR) is 84.4 cm³/mol. The van der Waals surface area contributed by atoms with Crippen LogP contribution in [-0.4, -0.2) is 8.42 Å². The summed E-state index contributed by atoms with van der Waals surface area (Å²) in [5.74, 6) is 0. The standard InChI is InChI=1S/C14H13BrClNO2S/c1-10-2-5-12(15)8-14(10)20(18,19)17-9-11-3-6-13(16)7-4-11/h2-8,17H,9H2,1H3. The van der Waals surface area contributed by atoms with Gasteiger partial charge >= 0.3 is 0 Å². The summed E-state index contributed by atoms with van der Waals surface area (Å²) in [5, 5.41) is 0.624. The molecule has 0 saturated carbocycles. The van der Waals surface area contributed by atoms with Crippen LogP contribution in [0.15, 0.2) is 51.8 Å². The lowest BCUT2D eigenvalue weighted by Crippen LogP contribution is -2.24. The number of hydrogen-bond acceptors (Lipinski definition) is 2. The van der Waals surface area contributed by atoms with Crippen molar-refractivity contribution in [1.29, 1.82) is 0 Å². The maximum absolute atomic E-state index is 12.3. The van der Waals surface area contributed by atoms with E-state index in [2.05, 4.69) is 20.7 Å². The van der Waals surface area contributed by atoms with Gasteiger partial charge in [0.15, 0.2) is 0 Å². The molecule has 0 aliphatic heterocycles. The summed E-state index contributed by atoms with van der Waals surface area (Å²) >= 11 is 9.08. The van der Waals surface area contributed by atoms with Crippen LogP contribution in [0.2, 0.25) is 5.02 Å². The molecule has 1 N–H and O–H groups in total. The molecule has 0 heterocycles. The molecule has 3 nitrogen and oxygen atoms in total. The molecule has 0 aromatic heterocycles. The van der Waals surface area contributed by atoms with Crippen LogP contribution in [-0.2, 0) is 16.6 Å². The second-order valence-corrected chi connectivity index (χ2v) is 7.45. The third-order valence-electron chi connectivity index (χ3n) is 2.82. The summed E-state index contributed by atoms with van der Waals surface area (Å²) in [5.41, 5.74) is 1.56. The Morgan fingerprint density at radius 3 is 2.45 bits per heavy atom. The zero-order valence-corrected chi connectivity index (χ0v) is 13.9. The average molecular weight is 375 g/mol. The van der Waals surface area contributed by atoms with Crippen molar-refractivity contribution in [3.8, 4) is 0 Å². The first-order valence-electron chi connectivity index (χ1n) is 5.89. The molecule has 0 aliphatic rings. The van der Waals surface area contributed by atoms with Gasteiger partial charge in [0.25, 0.3) is 0 Å². The van der Waals surface area contributed by atoms with Crippen molar-refractivity contribution in [2.45, 2.75) is 18.4 Å². The van der Waals surface area contributed by atoms with E-state index < -0.39 is 10.0 Å². The van der Waals surface area contributed by atoms with Crippen LogP contribution < -0.4 is 4.72 Å². The van der Waals surface area contributed by atoms with Gasteiger partial charge in [-0.1, -0.05) is 45.7 Å². The molecule has 2 aromatic carbocycles. The fourth-order valence-electron chi connectivity index (χ4n) is 1.72. The van der Waals surface area contributed by atoms with Gasteiger partial charge in [-0.3, -0.25) is 0 Å². The Kier molecular flexibility index (Phi) is 4.86. The Labute approximate surface area is 132 Å². The minimum Gasteiger partial charge on any atom is -0.207 e. The molecule has 20 heavy (non-hydrogen) atoms. The summed E-state index contributed by atoms with van der Waals surface area (Å²) in [6.45, 7) is 1.99. The smallest absolute Gasteiger partial charge is 0.207 e. The number of rotatable bonds is 4. The highest BCUT2D eigenvalue weighted by molar-refractivity contribution is 9.10. The van der Waals surface area contributed by atoms with E-state index in [-0.39, 0.29) is 11.4 Å². The minimum absolute atomic E-state index is 0.228.